The van der Waals surface area contributed by atoms with Crippen molar-refractivity contribution in [2.45, 2.75) is 18.9 Å². The van der Waals surface area contributed by atoms with Crippen LogP contribution in [0.4, 0.5) is 5.69 Å². The van der Waals surface area contributed by atoms with Gasteiger partial charge in [0, 0.05) is 16.3 Å². The first-order chi connectivity index (χ1) is 11.1. The lowest BCUT2D eigenvalue weighted by atomic mass is 9.87. The summed E-state index contributed by atoms with van der Waals surface area (Å²) in [6.07, 6.45) is -0.143. The average molecular weight is 329 g/mol. The van der Waals surface area contributed by atoms with Crippen molar-refractivity contribution in [2.75, 3.05) is 11.9 Å². The Hall–Kier alpha value is -2.51. The zero-order valence-corrected chi connectivity index (χ0v) is 13.5. The Bertz CT molecular complexity index is 712. The first kappa shape index (κ1) is 16.9. The summed E-state index contributed by atoms with van der Waals surface area (Å²) in [5, 5.41) is 13.4. The zero-order chi connectivity index (χ0) is 16.7. The molecule has 5 heteroatoms. The van der Waals surface area contributed by atoms with Gasteiger partial charge in [0.25, 0.3) is 0 Å². The van der Waals surface area contributed by atoms with E-state index in [1.807, 2.05) is 30.3 Å². The van der Waals surface area contributed by atoms with Crippen molar-refractivity contribution in [2.24, 2.45) is 0 Å². The molecule has 0 amide bonds. The van der Waals surface area contributed by atoms with Crippen LogP contribution in [0.15, 0.2) is 54.6 Å². The van der Waals surface area contributed by atoms with Crippen molar-refractivity contribution in [3.8, 4) is 6.07 Å². The van der Waals surface area contributed by atoms with Gasteiger partial charge in [-0.3, -0.25) is 4.79 Å². The van der Waals surface area contributed by atoms with E-state index in [0.717, 1.165) is 5.69 Å². The molecule has 0 aliphatic heterocycles. The minimum absolute atomic E-state index is 0.143. The number of carbonyl (C=O) groups excluding carboxylic acids is 1. The first-order valence-corrected chi connectivity index (χ1v) is 7.64. The van der Waals surface area contributed by atoms with Crippen molar-refractivity contribution in [1.29, 1.82) is 5.26 Å². The predicted octanol–water partition coefficient (Wildman–Crippen LogP) is 4.12. The summed E-state index contributed by atoms with van der Waals surface area (Å²) in [6, 6.07) is 18.4. The standard InChI is InChI=1S/C18H17ClN2O2/c1-2-23-17(22)12-18(13-20,15-10-6-7-11-16(15)19)21-14-8-4-3-5-9-14/h3-11,21H,2,12H2,1H3. The Balaban J connectivity index is 2.46. The summed E-state index contributed by atoms with van der Waals surface area (Å²) >= 11 is 6.27. The number of benzene rings is 2. The number of carbonyl (C=O) groups is 1. The maximum atomic E-state index is 12.0. The van der Waals surface area contributed by atoms with Crippen LogP contribution < -0.4 is 5.32 Å². The van der Waals surface area contributed by atoms with Crippen LogP contribution in [0.2, 0.25) is 5.02 Å². The third-order valence-electron chi connectivity index (χ3n) is 3.37. The highest BCUT2D eigenvalue weighted by Gasteiger charge is 2.37. The summed E-state index contributed by atoms with van der Waals surface area (Å²) in [7, 11) is 0. The van der Waals surface area contributed by atoms with E-state index in [1.165, 1.54) is 0 Å². The fourth-order valence-electron chi connectivity index (χ4n) is 2.34. The number of ether oxygens (including phenoxy) is 1. The molecule has 1 unspecified atom stereocenters. The quantitative estimate of drug-likeness (QED) is 0.810. The fourth-order valence-corrected chi connectivity index (χ4v) is 2.64. The van der Waals surface area contributed by atoms with Gasteiger partial charge < -0.3 is 10.1 Å². The summed E-state index contributed by atoms with van der Waals surface area (Å²) in [5.41, 5.74) is -0.0364. The maximum Gasteiger partial charge on any atom is 0.309 e. The summed E-state index contributed by atoms with van der Waals surface area (Å²) in [5.74, 6) is -0.461. The van der Waals surface area contributed by atoms with E-state index < -0.39 is 11.5 Å². The topological polar surface area (TPSA) is 62.1 Å². The van der Waals surface area contributed by atoms with Gasteiger partial charge in [-0.05, 0) is 25.1 Å². The smallest absolute Gasteiger partial charge is 0.309 e. The number of nitriles is 1. The Morgan fingerprint density at radius 2 is 1.87 bits per heavy atom. The molecule has 0 spiro atoms. The number of hydrogen-bond acceptors (Lipinski definition) is 4. The third kappa shape index (κ3) is 4.02. The monoisotopic (exact) mass is 328 g/mol. The molecular weight excluding hydrogens is 312 g/mol. The van der Waals surface area contributed by atoms with E-state index in [0.29, 0.717) is 10.6 Å². The molecule has 1 N–H and O–H groups in total. The molecule has 0 aliphatic rings. The molecular formula is C18H17ClN2O2. The largest absolute Gasteiger partial charge is 0.466 e. The lowest BCUT2D eigenvalue weighted by Gasteiger charge is -2.29. The molecule has 2 aromatic carbocycles. The summed E-state index contributed by atoms with van der Waals surface area (Å²) in [4.78, 5) is 12.0. The Labute approximate surface area is 140 Å². The highest BCUT2D eigenvalue weighted by atomic mass is 35.5. The molecule has 23 heavy (non-hydrogen) atoms. The normalized spacial score (nSPS) is 12.7. The second kappa shape index (κ2) is 7.66. The first-order valence-electron chi connectivity index (χ1n) is 7.26. The predicted molar refractivity (Wildman–Crippen MR) is 90.1 cm³/mol. The van der Waals surface area contributed by atoms with Crippen LogP contribution in [0.1, 0.15) is 18.9 Å². The molecule has 2 rings (SSSR count). The van der Waals surface area contributed by atoms with Crippen molar-refractivity contribution >= 4 is 23.3 Å². The van der Waals surface area contributed by atoms with Crippen LogP contribution in [0.5, 0.6) is 0 Å². The SMILES string of the molecule is CCOC(=O)CC(C#N)(Nc1ccccc1)c1ccccc1Cl. The minimum Gasteiger partial charge on any atom is -0.466 e. The van der Waals surface area contributed by atoms with Crippen molar-refractivity contribution in [1.82, 2.24) is 0 Å². The number of nitrogens with zero attached hydrogens (tertiary/aromatic N) is 1. The molecule has 0 radical (unpaired) electrons. The lowest BCUT2D eigenvalue weighted by molar-refractivity contribution is -0.143. The maximum absolute atomic E-state index is 12.0. The highest BCUT2D eigenvalue weighted by molar-refractivity contribution is 6.31. The molecule has 0 saturated carbocycles. The van der Waals surface area contributed by atoms with Gasteiger partial charge in [0.1, 0.15) is 0 Å². The average Bonchev–Trinajstić information content (AvgIpc) is 2.56. The summed E-state index contributed by atoms with van der Waals surface area (Å²) in [6.45, 7) is 1.99. The number of nitrogens with one attached hydrogen (secondary N) is 1. The van der Waals surface area contributed by atoms with Gasteiger partial charge in [-0.2, -0.15) is 5.26 Å². The van der Waals surface area contributed by atoms with Gasteiger partial charge in [-0.15, -0.1) is 0 Å². The van der Waals surface area contributed by atoms with E-state index in [2.05, 4.69) is 11.4 Å². The number of para-hydroxylation sites is 1. The van der Waals surface area contributed by atoms with Crippen molar-refractivity contribution in [3.05, 3.63) is 65.2 Å². The molecule has 2 aromatic rings. The van der Waals surface area contributed by atoms with Crippen molar-refractivity contribution < 1.29 is 9.53 Å². The van der Waals surface area contributed by atoms with E-state index in [1.54, 1.807) is 31.2 Å². The number of halogens is 1. The molecule has 1 atom stereocenters. The molecule has 0 aliphatic carbocycles. The number of hydrogen-bond donors (Lipinski definition) is 1. The van der Waals surface area contributed by atoms with Crippen LogP contribution in [0.3, 0.4) is 0 Å². The number of anilines is 1. The second-order valence-electron chi connectivity index (χ2n) is 4.97. The molecule has 0 fully saturated rings. The minimum atomic E-state index is -1.30. The van der Waals surface area contributed by atoms with Crippen LogP contribution in [0, 0.1) is 11.3 Å². The van der Waals surface area contributed by atoms with E-state index in [9.17, 15) is 10.1 Å². The van der Waals surface area contributed by atoms with Gasteiger partial charge in [0.05, 0.1) is 19.1 Å². The molecule has 0 aromatic heterocycles. The van der Waals surface area contributed by atoms with E-state index >= 15 is 0 Å². The molecule has 0 saturated heterocycles. The number of esters is 1. The zero-order valence-electron chi connectivity index (χ0n) is 12.8. The Morgan fingerprint density at radius 1 is 1.22 bits per heavy atom. The van der Waals surface area contributed by atoms with Gasteiger partial charge in [0.15, 0.2) is 5.54 Å². The van der Waals surface area contributed by atoms with Gasteiger partial charge in [0.2, 0.25) is 0 Å². The number of rotatable bonds is 6. The molecule has 4 nitrogen and oxygen atoms in total. The third-order valence-corrected chi connectivity index (χ3v) is 3.70. The van der Waals surface area contributed by atoms with Gasteiger partial charge in [-0.25, -0.2) is 0 Å². The van der Waals surface area contributed by atoms with E-state index in [4.69, 9.17) is 16.3 Å². The Kier molecular flexibility index (Phi) is 5.61. The van der Waals surface area contributed by atoms with Crippen LogP contribution >= 0.6 is 11.6 Å². The molecule has 0 bridgehead atoms. The van der Waals surface area contributed by atoms with Crippen molar-refractivity contribution in [3.63, 3.8) is 0 Å². The molecule has 0 heterocycles. The van der Waals surface area contributed by atoms with Crippen LogP contribution in [0.25, 0.3) is 0 Å². The lowest BCUT2D eigenvalue weighted by Crippen LogP contribution is -2.37. The van der Waals surface area contributed by atoms with Gasteiger partial charge >= 0.3 is 5.97 Å². The highest BCUT2D eigenvalue weighted by Crippen LogP contribution is 2.34. The summed E-state index contributed by atoms with van der Waals surface area (Å²) < 4.78 is 5.03. The molecule has 118 valence electrons. The van der Waals surface area contributed by atoms with Gasteiger partial charge in [-0.1, -0.05) is 48.0 Å². The van der Waals surface area contributed by atoms with Crippen LogP contribution in [-0.2, 0) is 15.1 Å². The second-order valence-corrected chi connectivity index (χ2v) is 5.38. The van der Waals surface area contributed by atoms with E-state index in [-0.39, 0.29) is 13.0 Å². The Morgan fingerprint density at radius 3 is 2.48 bits per heavy atom. The van der Waals surface area contributed by atoms with Crippen LogP contribution in [-0.4, -0.2) is 12.6 Å². The fraction of sp³-hybridized carbons (Fsp3) is 0.222.